The number of anilines is 1. The van der Waals surface area contributed by atoms with E-state index in [4.69, 9.17) is 4.74 Å². The van der Waals surface area contributed by atoms with Crippen LogP contribution < -0.4 is 14.8 Å². The second kappa shape index (κ2) is 11.6. The second-order valence-electron chi connectivity index (χ2n) is 8.38. The van der Waals surface area contributed by atoms with Gasteiger partial charge in [-0.25, -0.2) is 5.01 Å². The Morgan fingerprint density at radius 3 is 2.49 bits per heavy atom. The van der Waals surface area contributed by atoms with Crippen LogP contribution in [0, 0.1) is 5.92 Å². The predicted octanol–water partition coefficient (Wildman–Crippen LogP) is 5.11. The molecular weight excluding hydrogens is 482 g/mol. The SMILES string of the molecule is CCC1CC(=O)N(Cc2ccc(NC(=O)c3ccncc3)cc2)N=C1c1ccc(OC)c(OC(F)F)c1. The molecule has 0 spiro atoms. The van der Waals surface area contributed by atoms with Crippen molar-refractivity contribution in [1.29, 1.82) is 0 Å². The molecule has 3 aromatic rings. The second-order valence-corrected chi connectivity index (χ2v) is 8.38. The molecule has 1 aliphatic heterocycles. The number of carbonyl (C=O) groups excluding carboxylic acids is 2. The van der Waals surface area contributed by atoms with Gasteiger partial charge in [-0.2, -0.15) is 13.9 Å². The van der Waals surface area contributed by atoms with Crippen molar-refractivity contribution in [3.63, 3.8) is 0 Å². The van der Waals surface area contributed by atoms with Gasteiger partial charge in [0.25, 0.3) is 5.91 Å². The highest BCUT2D eigenvalue weighted by atomic mass is 19.3. The summed E-state index contributed by atoms with van der Waals surface area (Å²) in [6, 6.07) is 15.1. The molecule has 0 saturated carbocycles. The number of amides is 2. The summed E-state index contributed by atoms with van der Waals surface area (Å²) in [4.78, 5) is 29.1. The van der Waals surface area contributed by atoms with Crippen molar-refractivity contribution in [2.24, 2.45) is 11.0 Å². The van der Waals surface area contributed by atoms with Gasteiger partial charge in [0.2, 0.25) is 5.91 Å². The summed E-state index contributed by atoms with van der Waals surface area (Å²) in [5.74, 6) is -0.473. The van der Waals surface area contributed by atoms with Gasteiger partial charge in [0.15, 0.2) is 11.5 Å². The largest absolute Gasteiger partial charge is 0.493 e. The van der Waals surface area contributed by atoms with Crippen LogP contribution in [0.15, 0.2) is 72.1 Å². The lowest BCUT2D eigenvalue weighted by Crippen LogP contribution is -2.36. The highest BCUT2D eigenvalue weighted by Gasteiger charge is 2.30. The van der Waals surface area contributed by atoms with Crippen molar-refractivity contribution < 1.29 is 27.8 Å². The quantitative estimate of drug-likeness (QED) is 0.434. The molecule has 2 heterocycles. The normalized spacial score (nSPS) is 15.4. The fraction of sp³-hybridized carbons (Fsp3) is 0.259. The fourth-order valence-electron chi connectivity index (χ4n) is 4.03. The van der Waals surface area contributed by atoms with Crippen LogP contribution in [0.5, 0.6) is 11.5 Å². The molecule has 0 saturated heterocycles. The number of hydrazone groups is 1. The summed E-state index contributed by atoms with van der Waals surface area (Å²) in [6.45, 7) is -0.842. The van der Waals surface area contributed by atoms with Gasteiger partial charge < -0.3 is 14.8 Å². The number of nitrogens with one attached hydrogen (secondary N) is 1. The lowest BCUT2D eigenvalue weighted by molar-refractivity contribution is -0.133. The van der Waals surface area contributed by atoms with E-state index in [0.29, 0.717) is 28.9 Å². The minimum Gasteiger partial charge on any atom is -0.493 e. The first-order valence-electron chi connectivity index (χ1n) is 11.7. The highest BCUT2D eigenvalue weighted by Crippen LogP contribution is 2.33. The van der Waals surface area contributed by atoms with E-state index >= 15 is 0 Å². The van der Waals surface area contributed by atoms with Crippen LogP contribution in [0.1, 0.15) is 41.3 Å². The minimum atomic E-state index is -3.00. The first kappa shape index (κ1) is 25.7. The van der Waals surface area contributed by atoms with E-state index in [-0.39, 0.29) is 42.2 Å². The molecule has 1 unspecified atom stereocenters. The Labute approximate surface area is 212 Å². The zero-order valence-electron chi connectivity index (χ0n) is 20.4. The van der Waals surface area contributed by atoms with Gasteiger partial charge in [0, 0.05) is 41.5 Å². The molecule has 0 bridgehead atoms. The number of halogens is 2. The molecule has 0 radical (unpaired) electrons. The van der Waals surface area contributed by atoms with Gasteiger partial charge in [0.05, 0.1) is 19.4 Å². The minimum absolute atomic E-state index is 0.0968. The molecule has 1 aliphatic rings. The average molecular weight is 509 g/mol. The van der Waals surface area contributed by atoms with Crippen molar-refractivity contribution >= 4 is 23.2 Å². The summed E-state index contributed by atoms with van der Waals surface area (Å²) in [7, 11) is 1.37. The lowest BCUT2D eigenvalue weighted by Gasteiger charge is -2.29. The van der Waals surface area contributed by atoms with Gasteiger partial charge in [-0.05, 0) is 54.4 Å². The number of benzene rings is 2. The van der Waals surface area contributed by atoms with E-state index in [2.05, 4.69) is 20.1 Å². The molecule has 1 aromatic heterocycles. The third-order valence-corrected chi connectivity index (χ3v) is 5.98. The summed E-state index contributed by atoms with van der Waals surface area (Å²) >= 11 is 0. The number of aromatic nitrogens is 1. The van der Waals surface area contributed by atoms with E-state index in [1.807, 2.05) is 6.92 Å². The third-order valence-electron chi connectivity index (χ3n) is 5.98. The first-order valence-corrected chi connectivity index (χ1v) is 11.7. The summed E-state index contributed by atoms with van der Waals surface area (Å²) in [5, 5.41) is 8.80. The van der Waals surface area contributed by atoms with E-state index in [0.717, 1.165) is 5.56 Å². The van der Waals surface area contributed by atoms with E-state index in [9.17, 15) is 18.4 Å². The van der Waals surface area contributed by atoms with Crippen molar-refractivity contribution in [1.82, 2.24) is 9.99 Å². The van der Waals surface area contributed by atoms with Gasteiger partial charge in [-0.3, -0.25) is 14.6 Å². The third kappa shape index (κ3) is 6.27. The van der Waals surface area contributed by atoms with Crippen molar-refractivity contribution in [3.8, 4) is 11.5 Å². The number of ether oxygens (including phenoxy) is 2. The predicted molar refractivity (Wildman–Crippen MR) is 134 cm³/mol. The van der Waals surface area contributed by atoms with Gasteiger partial charge in [-0.15, -0.1) is 0 Å². The van der Waals surface area contributed by atoms with Crippen LogP contribution >= 0.6 is 0 Å². The van der Waals surface area contributed by atoms with Crippen molar-refractivity contribution in [2.75, 3.05) is 12.4 Å². The Hall–Kier alpha value is -4.34. The molecule has 2 aromatic carbocycles. The Bertz CT molecular complexity index is 1280. The van der Waals surface area contributed by atoms with E-state index in [1.54, 1.807) is 60.9 Å². The number of pyridine rings is 1. The van der Waals surface area contributed by atoms with Crippen LogP contribution in [0.3, 0.4) is 0 Å². The number of hydrogen-bond acceptors (Lipinski definition) is 6. The molecule has 8 nitrogen and oxygen atoms in total. The van der Waals surface area contributed by atoms with Crippen molar-refractivity contribution in [2.45, 2.75) is 32.9 Å². The number of alkyl halides is 2. The van der Waals surface area contributed by atoms with Crippen LogP contribution in [0.2, 0.25) is 0 Å². The Morgan fingerprint density at radius 2 is 1.84 bits per heavy atom. The zero-order valence-corrected chi connectivity index (χ0v) is 20.4. The molecule has 10 heteroatoms. The van der Waals surface area contributed by atoms with Gasteiger partial charge in [-0.1, -0.05) is 19.1 Å². The van der Waals surface area contributed by atoms with E-state index < -0.39 is 6.61 Å². The lowest BCUT2D eigenvalue weighted by atomic mass is 9.89. The maximum absolute atomic E-state index is 12.9. The topological polar surface area (TPSA) is 93.1 Å². The van der Waals surface area contributed by atoms with Crippen LogP contribution in [0.4, 0.5) is 14.5 Å². The smallest absolute Gasteiger partial charge is 0.387 e. The molecular formula is C27H26F2N4O4. The molecule has 1 atom stereocenters. The molecule has 0 fully saturated rings. The van der Waals surface area contributed by atoms with Crippen LogP contribution in [-0.2, 0) is 11.3 Å². The van der Waals surface area contributed by atoms with Crippen molar-refractivity contribution in [3.05, 3.63) is 83.7 Å². The Balaban J connectivity index is 1.53. The number of hydrogen-bond donors (Lipinski definition) is 1. The maximum Gasteiger partial charge on any atom is 0.387 e. The molecule has 37 heavy (non-hydrogen) atoms. The Kier molecular flexibility index (Phi) is 8.07. The van der Waals surface area contributed by atoms with Crippen LogP contribution in [-0.4, -0.2) is 41.2 Å². The molecule has 2 amide bonds. The molecule has 4 rings (SSSR count). The summed E-state index contributed by atoms with van der Waals surface area (Å²) < 4.78 is 35.6. The molecule has 192 valence electrons. The summed E-state index contributed by atoms with van der Waals surface area (Å²) in [6.07, 6.45) is 3.99. The fourth-order valence-corrected chi connectivity index (χ4v) is 4.03. The zero-order chi connectivity index (χ0) is 26.4. The summed E-state index contributed by atoms with van der Waals surface area (Å²) in [5.41, 5.74) is 3.10. The Morgan fingerprint density at radius 1 is 1.11 bits per heavy atom. The van der Waals surface area contributed by atoms with E-state index in [1.165, 1.54) is 18.2 Å². The first-order chi connectivity index (χ1) is 17.9. The maximum atomic E-state index is 12.9. The number of methoxy groups -OCH3 is 1. The highest BCUT2D eigenvalue weighted by molar-refractivity contribution is 6.06. The monoisotopic (exact) mass is 508 g/mol. The van der Waals surface area contributed by atoms with Gasteiger partial charge in [0.1, 0.15) is 0 Å². The van der Waals surface area contributed by atoms with Gasteiger partial charge >= 0.3 is 6.61 Å². The number of rotatable bonds is 9. The number of carbonyl (C=O) groups is 2. The standard InChI is InChI=1S/C27H26F2N4O4/c1-3-18-15-24(34)33(32-25(18)20-6-9-22(36-2)23(14-20)37-27(28)29)16-17-4-7-21(8-5-17)31-26(35)19-10-12-30-13-11-19/h4-14,18,27H,3,15-16H2,1-2H3,(H,31,35). The number of nitrogens with zero attached hydrogens (tertiary/aromatic N) is 3. The van der Waals surface area contributed by atoms with Crippen LogP contribution in [0.25, 0.3) is 0 Å². The molecule has 0 aliphatic carbocycles. The molecule has 1 N–H and O–H groups in total. The average Bonchev–Trinajstić information content (AvgIpc) is 2.90.